The van der Waals surface area contributed by atoms with Crippen molar-refractivity contribution in [3.05, 3.63) is 93.9 Å². The standard InChI is InChI=1S/C21H20N2O5/c24-14-15(11-18-7-4-10-28-18)13-22-19-9-8-17(12-20(19)23(26)27)21(25)16-5-2-1-3-6-16/h1-10,12,15,22,24H,11,13-14H2/t15-/m1/s1. The van der Waals surface area contributed by atoms with Gasteiger partial charge in [0.05, 0.1) is 11.2 Å². The van der Waals surface area contributed by atoms with Crippen molar-refractivity contribution < 1.29 is 19.2 Å². The molecular formula is C21H20N2O5. The SMILES string of the molecule is O=C(c1ccccc1)c1ccc(NC[C@H](CO)Cc2ccco2)c([N+](=O)[O-])c1. The molecule has 1 aromatic heterocycles. The molecule has 0 amide bonds. The number of nitro benzene ring substituents is 1. The van der Waals surface area contributed by atoms with Gasteiger partial charge in [0, 0.05) is 42.7 Å². The third-order valence-corrected chi connectivity index (χ3v) is 4.40. The maximum atomic E-state index is 12.5. The van der Waals surface area contributed by atoms with Gasteiger partial charge in [0.15, 0.2) is 5.78 Å². The highest BCUT2D eigenvalue weighted by Crippen LogP contribution is 2.27. The highest BCUT2D eigenvalue weighted by atomic mass is 16.6. The number of carbonyl (C=O) groups is 1. The van der Waals surface area contributed by atoms with E-state index in [0.717, 1.165) is 5.76 Å². The monoisotopic (exact) mass is 380 g/mol. The van der Waals surface area contributed by atoms with Crippen molar-refractivity contribution >= 4 is 17.2 Å². The molecule has 144 valence electrons. The van der Waals surface area contributed by atoms with Gasteiger partial charge in [0.25, 0.3) is 5.69 Å². The molecule has 0 aliphatic carbocycles. The zero-order chi connectivity index (χ0) is 19.9. The Kier molecular flexibility index (Phi) is 6.18. The maximum absolute atomic E-state index is 12.5. The molecular weight excluding hydrogens is 360 g/mol. The van der Waals surface area contributed by atoms with Crippen molar-refractivity contribution in [1.82, 2.24) is 0 Å². The number of rotatable bonds is 9. The fourth-order valence-corrected chi connectivity index (χ4v) is 2.90. The highest BCUT2D eigenvalue weighted by Gasteiger charge is 2.19. The molecule has 0 fully saturated rings. The molecule has 0 bridgehead atoms. The smallest absolute Gasteiger partial charge is 0.293 e. The second-order valence-corrected chi connectivity index (χ2v) is 6.40. The first-order valence-electron chi connectivity index (χ1n) is 8.83. The van der Waals surface area contributed by atoms with Gasteiger partial charge >= 0.3 is 0 Å². The molecule has 2 aromatic carbocycles. The van der Waals surface area contributed by atoms with Crippen LogP contribution in [0.15, 0.2) is 71.3 Å². The van der Waals surface area contributed by atoms with Gasteiger partial charge in [0.1, 0.15) is 11.4 Å². The fraction of sp³-hybridized carbons (Fsp3) is 0.190. The normalized spacial score (nSPS) is 11.8. The summed E-state index contributed by atoms with van der Waals surface area (Å²) in [4.78, 5) is 23.5. The van der Waals surface area contributed by atoms with Crippen molar-refractivity contribution in [2.24, 2.45) is 5.92 Å². The summed E-state index contributed by atoms with van der Waals surface area (Å²) < 4.78 is 5.28. The molecule has 3 rings (SSSR count). The van der Waals surface area contributed by atoms with Crippen LogP contribution in [-0.4, -0.2) is 29.0 Å². The Labute approximate surface area is 161 Å². The first-order chi connectivity index (χ1) is 13.6. The van der Waals surface area contributed by atoms with Crippen LogP contribution in [0.1, 0.15) is 21.7 Å². The van der Waals surface area contributed by atoms with Gasteiger partial charge in [-0.1, -0.05) is 30.3 Å². The predicted octanol–water partition coefficient (Wildman–Crippen LogP) is 3.68. The molecule has 7 heteroatoms. The average Bonchev–Trinajstić information content (AvgIpc) is 3.24. The lowest BCUT2D eigenvalue weighted by Crippen LogP contribution is -2.20. The van der Waals surface area contributed by atoms with Crippen molar-refractivity contribution in [2.45, 2.75) is 6.42 Å². The Hall–Kier alpha value is -3.45. The molecule has 7 nitrogen and oxygen atoms in total. The minimum Gasteiger partial charge on any atom is -0.469 e. The molecule has 1 atom stereocenters. The Morgan fingerprint density at radius 1 is 1.11 bits per heavy atom. The number of aliphatic hydroxyl groups excluding tert-OH is 1. The van der Waals surface area contributed by atoms with Crippen LogP contribution in [0.4, 0.5) is 11.4 Å². The molecule has 1 heterocycles. The molecule has 0 saturated heterocycles. The van der Waals surface area contributed by atoms with Crippen LogP contribution in [-0.2, 0) is 6.42 Å². The topological polar surface area (TPSA) is 106 Å². The first-order valence-corrected chi connectivity index (χ1v) is 8.83. The summed E-state index contributed by atoms with van der Waals surface area (Å²) in [5.74, 6) is 0.289. The van der Waals surface area contributed by atoms with Crippen LogP contribution in [0.3, 0.4) is 0 Å². The number of benzene rings is 2. The second kappa shape index (κ2) is 8.96. The van der Waals surface area contributed by atoms with Gasteiger partial charge in [-0.3, -0.25) is 14.9 Å². The number of anilines is 1. The molecule has 3 aromatic rings. The van der Waals surface area contributed by atoms with E-state index < -0.39 is 4.92 Å². The van der Waals surface area contributed by atoms with E-state index in [2.05, 4.69) is 5.32 Å². The molecule has 2 N–H and O–H groups in total. The predicted molar refractivity (Wildman–Crippen MR) is 104 cm³/mol. The van der Waals surface area contributed by atoms with E-state index in [1.54, 1.807) is 48.7 Å². The van der Waals surface area contributed by atoms with Crippen LogP contribution in [0, 0.1) is 16.0 Å². The fourth-order valence-electron chi connectivity index (χ4n) is 2.90. The molecule has 0 unspecified atom stereocenters. The number of furan rings is 1. The van der Waals surface area contributed by atoms with Gasteiger partial charge < -0.3 is 14.8 Å². The Morgan fingerprint density at radius 2 is 1.89 bits per heavy atom. The number of nitrogens with zero attached hydrogens (tertiary/aromatic N) is 1. The molecule has 0 radical (unpaired) electrons. The largest absolute Gasteiger partial charge is 0.469 e. The van der Waals surface area contributed by atoms with Crippen LogP contribution in [0.25, 0.3) is 0 Å². The second-order valence-electron chi connectivity index (χ2n) is 6.40. The van der Waals surface area contributed by atoms with Crippen molar-refractivity contribution in [3.63, 3.8) is 0 Å². The number of carbonyl (C=O) groups excluding carboxylic acids is 1. The molecule has 0 spiro atoms. The molecule has 0 aliphatic rings. The minimum atomic E-state index is -0.523. The van der Waals surface area contributed by atoms with Gasteiger partial charge in [0.2, 0.25) is 0 Å². The molecule has 0 saturated carbocycles. The maximum Gasteiger partial charge on any atom is 0.293 e. The summed E-state index contributed by atoms with van der Waals surface area (Å²) in [7, 11) is 0. The van der Waals surface area contributed by atoms with Crippen LogP contribution in [0.5, 0.6) is 0 Å². The third-order valence-electron chi connectivity index (χ3n) is 4.40. The summed E-state index contributed by atoms with van der Waals surface area (Å²) in [6.07, 6.45) is 2.07. The van der Waals surface area contributed by atoms with E-state index >= 15 is 0 Å². The van der Waals surface area contributed by atoms with E-state index in [1.807, 2.05) is 6.07 Å². The summed E-state index contributed by atoms with van der Waals surface area (Å²) in [6, 6.07) is 16.6. The van der Waals surface area contributed by atoms with E-state index in [-0.39, 0.29) is 29.6 Å². The van der Waals surface area contributed by atoms with Crippen molar-refractivity contribution in [1.29, 1.82) is 0 Å². The van der Waals surface area contributed by atoms with Crippen molar-refractivity contribution in [2.75, 3.05) is 18.5 Å². The zero-order valence-electron chi connectivity index (χ0n) is 15.1. The summed E-state index contributed by atoms with van der Waals surface area (Å²) in [5.41, 5.74) is 0.831. The highest BCUT2D eigenvalue weighted by molar-refractivity contribution is 6.09. The number of hydrogen-bond acceptors (Lipinski definition) is 6. The van der Waals surface area contributed by atoms with Crippen LogP contribution < -0.4 is 5.32 Å². The van der Waals surface area contributed by atoms with Gasteiger partial charge in [-0.15, -0.1) is 0 Å². The lowest BCUT2D eigenvalue weighted by molar-refractivity contribution is -0.384. The third kappa shape index (κ3) is 4.63. The quantitative estimate of drug-likeness (QED) is 0.333. The first kappa shape index (κ1) is 19.3. The van der Waals surface area contributed by atoms with Gasteiger partial charge in [-0.05, 0) is 24.3 Å². The minimum absolute atomic E-state index is 0.0912. The Morgan fingerprint density at radius 3 is 2.54 bits per heavy atom. The van der Waals surface area contributed by atoms with E-state index in [4.69, 9.17) is 4.42 Å². The average molecular weight is 380 g/mol. The number of ketones is 1. The van der Waals surface area contributed by atoms with Gasteiger partial charge in [-0.2, -0.15) is 0 Å². The summed E-state index contributed by atoms with van der Waals surface area (Å²) >= 11 is 0. The Bertz CT molecular complexity index is 939. The van der Waals surface area contributed by atoms with Crippen LogP contribution in [0.2, 0.25) is 0 Å². The summed E-state index contributed by atoms with van der Waals surface area (Å²) in [5, 5.41) is 24.1. The lowest BCUT2D eigenvalue weighted by Gasteiger charge is -2.15. The van der Waals surface area contributed by atoms with E-state index in [1.165, 1.54) is 12.1 Å². The number of hydrogen-bond donors (Lipinski definition) is 2. The molecule has 0 aliphatic heterocycles. The molecule has 28 heavy (non-hydrogen) atoms. The summed E-state index contributed by atoms with van der Waals surface area (Å²) in [6.45, 7) is 0.232. The van der Waals surface area contributed by atoms with Gasteiger partial charge in [-0.25, -0.2) is 0 Å². The Balaban J connectivity index is 1.75. The van der Waals surface area contributed by atoms with E-state index in [0.29, 0.717) is 24.2 Å². The number of nitrogens with one attached hydrogen (secondary N) is 1. The van der Waals surface area contributed by atoms with Crippen LogP contribution >= 0.6 is 0 Å². The number of aliphatic hydroxyl groups is 1. The van der Waals surface area contributed by atoms with E-state index in [9.17, 15) is 20.0 Å². The zero-order valence-corrected chi connectivity index (χ0v) is 15.1. The van der Waals surface area contributed by atoms with Crippen molar-refractivity contribution in [3.8, 4) is 0 Å². The number of nitro groups is 1. The lowest BCUT2D eigenvalue weighted by atomic mass is 10.0.